The second-order valence-corrected chi connectivity index (χ2v) is 4.90. The van der Waals surface area contributed by atoms with Gasteiger partial charge in [-0.3, -0.25) is 19.3 Å². The first-order chi connectivity index (χ1) is 9.56. The predicted molar refractivity (Wildman–Crippen MR) is 75.0 cm³/mol. The third-order valence-corrected chi connectivity index (χ3v) is 3.59. The summed E-state index contributed by atoms with van der Waals surface area (Å²) in [6, 6.07) is 8.35. The molecule has 1 aliphatic rings. The maximum absolute atomic E-state index is 12.4. The minimum Gasteiger partial charge on any atom is -0.293 e. The predicted octanol–water partition coefficient (Wildman–Crippen LogP) is 2.21. The third kappa shape index (κ3) is 2.54. The molecule has 1 fully saturated rings. The number of benzene rings is 1. The van der Waals surface area contributed by atoms with E-state index in [-0.39, 0.29) is 17.7 Å². The van der Waals surface area contributed by atoms with Gasteiger partial charge in [-0.05, 0) is 13.3 Å². The quantitative estimate of drug-likeness (QED) is 0.479. The molecule has 0 aliphatic carbocycles. The van der Waals surface area contributed by atoms with Crippen molar-refractivity contribution >= 4 is 17.6 Å². The van der Waals surface area contributed by atoms with Crippen molar-refractivity contribution in [2.75, 3.05) is 0 Å². The first-order valence-corrected chi connectivity index (χ1v) is 6.64. The number of hydrogen-bond acceptors (Lipinski definition) is 3. The summed E-state index contributed by atoms with van der Waals surface area (Å²) in [4.78, 5) is 37.6. The molecule has 104 valence electrons. The van der Waals surface area contributed by atoms with E-state index >= 15 is 0 Å². The van der Waals surface area contributed by atoms with Crippen LogP contribution in [-0.2, 0) is 9.59 Å². The SMILES string of the molecule is C=C[C@@H]1CCC(=O)N1C(=O)[C@@H](C)C(=O)c1ccccc1. The standard InChI is InChI=1S/C16H17NO3/c1-3-13-9-10-14(18)17(13)16(20)11(2)15(19)12-7-5-4-6-8-12/h3-8,11,13H,1,9-10H2,2H3/t11-,13+/m0/s1. The average Bonchev–Trinajstić information content (AvgIpc) is 2.86. The van der Waals surface area contributed by atoms with Crippen LogP contribution in [0.1, 0.15) is 30.1 Å². The van der Waals surface area contributed by atoms with Crippen LogP contribution in [-0.4, -0.2) is 28.5 Å². The molecule has 1 aromatic rings. The molecule has 4 nitrogen and oxygen atoms in total. The third-order valence-electron chi connectivity index (χ3n) is 3.59. The monoisotopic (exact) mass is 271 g/mol. The number of rotatable bonds is 4. The highest BCUT2D eigenvalue weighted by Crippen LogP contribution is 2.23. The molecule has 0 aromatic heterocycles. The molecular formula is C16H17NO3. The highest BCUT2D eigenvalue weighted by atomic mass is 16.2. The highest BCUT2D eigenvalue weighted by molar-refractivity contribution is 6.13. The van der Waals surface area contributed by atoms with Gasteiger partial charge in [0.1, 0.15) is 0 Å². The van der Waals surface area contributed by atoms with Gasteiger partial charge in [-0.2, -0.15) is 0 Å². The fraction of sp³-hybridized carbons (Fsp3) is 0.312. The topological polar surface area (TPSA) is 54.5 Å². The van der Waals surface area contributed by atoms with E-state index in [4.69, 9.17) is 0 Å². The summed E-state index contributed by atoms with van der Waals surface area (Å²) < 4.78 is 0. The molecule has 0 spiro atoms. The summed E-state index contributed by atoms with van der Waals surface area (Å²) in [6.07, 6.45) is 2.50. The van der Waals surface area contributed by atoms with Gasteiger partial charge < -0.3 is 0 Å². The van der Waals surface area contributed by atoms with Gasteiger partial charge >= 0.3 is 0 Å². The van der Waals surface area contributed by atoms with Crippen LogP contribution in [0, 0.1) is 5.92 Å². The Morgan fingerprint density at radius 2 is 2.00 bits per heavy atom. The molecule has 1 aliphatic heterocycles. The first-order valence-electron chi connectivity index (χ1n) is 6.64. The number of imide groups is 1. The van der Waals surface area contributed by atoms with E-state index in [0.717, 1.165) is 0 Å². The molecule has 2 atom stereocenters. The fourth-order valence-corrected chi connectivity index (χ4v) is 2.39. The van der Waals surface area contributed by atoms with Crippen molar-refractivity contribution < 1.29 is 14.4 Å². The number of carbonyl (C=O) groups excluding carboxylic acids is 3. The minimum atomic E-state index is -0.859. The number of carbonyl (C=O) groups is 3. The van der Waals surface area contributed by atoms with Crippen molar-refractivity contribution in [1.82, 2.24) is 4.90 Å². The minimum absolute atomic E-state index is 0.229. The molecule has 2 rings (SSSR count). The summed E-state index contributed by atoms with van der Waals surface area (Å²) in [5, 5.41) is 0. The van der Waals surface area contributed by atoms with Crippen molar-refractivity contribution in [1.29, 1.82) is 0 Å². The Bertz CT molecular complexity index is 550. The molecule has 0 bridgehead atoms. The second kappa shape index (κ2) is 5.82. The molecule has 1 heterocycles. The molecule has 0 N–H and O–H groups in total. The van der Waals surface area contributed by atoms with Crippen LogP contribution < -0.4 is 0 Å². The lowest BCUT2D eigenvalue weighted by molar-refractivity contribution is -0.144. The van der Waals surface area contributed by atoms with Crippen LogP contribution in [0.3, 0.4) is 0 Å². The summed E-state index contributed by atoms with van der Waals surface area (Å²) in [6.45, 7) is 5.19. The first kappa shape index (κ1) is 14.2. The van der Waals surface area contributed by atoms with E-state index in [2.05, 4.69) is 6.58 Å². The van der Waals surface area contributed by atoms with E-state index in [1.54, 1.807) is 43.3 Å². The van der Waals surface area contributed by atoms with Gasteiger partial charge in [0, 0.05) is 12.0 Å². The van der Waals surface area contributed by atoms with E-state index < -0.39 is 11.8 Å². The van der Waals surface area contributed by atoms with Crippen LogP contribution in [0.15, 0.2) is 43.0 Å². The zero-order valence-corrected chi connectivity index (χ0v) is 11.4. The van der Waals surface area contributed by atoms with Crippen molar-refractivity contribution in [3.8, 4) is 0 Å². The van der Waals surface area contributed by atoms with E-state index in [0.29, 0.717) is 18.4 Å². The molecule has 1 saturated heterocycles. The van der Waals surface area contributed by atoms with Gasteiger partial charge in [0.15, 0.2) is 5.78 Å². The number of amides is 2. The van der Waals surface area contributed by atoms with Crippen molar-refractivity contribution in [2.24, 2.45) is 5.92 Å². The van der Waals surface area contributed by atoms with Gasteiger partial charge in [0.05, 0.1) is 12.0 Å². The Hall–Kier alpha value is -2.23. The molecule has 20 heavy (non-hydrogen) atoms. The van der Waals surface area contributed by atoms with Crippen LogP contribution in [0.4, 0.5) is 0 Å². The number of hydrogen-bond donors (Lipinski definition) is 0. The van der Waals surface area contributed by atoms with Gasteiger partial charge in [-0.1, -0.05) is 36.4 Å². The Morgan fingerprint density at radius 1 is 1.35 bits per heavy atom. The van der Waals surface area contributed by atoms with E-state index in [1.165, 1.54) is 4.90 Å². The number of ketones is 1. The largest absolute Gasteiger partial charge is 0.293 e. The summed E-state index contributed by atoms with van der Waals surface area (Å²) in [7, 11) is 0. The Labute approximate surface area is 118 Å². The zero-order valence-electron chi connectivity index (χ0n) is 11.4. The van der Waals surface area contributed by atoms with Gasteiger partial charge in [-0.25, -0.2) is 0 Å². The number of likely N-dealkylation sites (tertiary alicyclic amines) is 1. The lowest BCUT2D eigenvalue weighted by Crippen LogP contribution is -2.43. The van der Waals surface area contributed by atoms with Crippen LogP contribution in [0.2, 0.25) is 0 Å². The van der Waals surface area contributed by atoms with Gasteiger partial charge in [-0.15, -0.1) is 6.58 Å². The van der Waals surface area contributed by atoms with E-state index in [9.17, 15) is 14.4 Å². The molecule has 0 unspecified atom stereocenters. The Morgan fingerprint density at radius 3 is 2.60 bits per heavy atom. The Balaban J connectivity index is 2.18. The molecule has 1 aromatic carbocycles. The van der Waals surface area contributed by atoms with Gasteiger partial charge in [0.2, 0.25) is 11.8 Å². The van der Waals surface area contributed by atoms with Crippen molar-refractivity contribution in [2.45, 2.75) is 25.8 Å². The van der Waals surface area contributed by atoms with E-state index in [1.807, 2.05) is 0 Å². The zero-order chi connectivity index (χ0) is 14.7. The van der Waals surface area contributed by atoms with Crippen LogP contribution in [0.25, 0.3) is 0 Å². The molecule has 2 amide bonds. The summed E-state index contributed by atoms with van der Waals surface area (Å²) >= 11 is 0. The molecule has 4 heteroatoms. The molecule has 0 radical (unpaired) electrons. The summed E-state index contributed by atoms with van der Waals surface area (Å²) in [5.41, 5.74) is 0.482. The average molecular weight is 271 g/mol. The second-order valence-electron chi connectivity index (χ2n) is 4.90. The van der Waals surface area contributed by atoms with Crippen LogP contribution in [0.5, 0.6) is 0 Å². The van der Waals surface area contributed by atoms with Crippen molar-refractivity contribution in [3.05, 3.63) is 48.6 Å². The summed E-state index contributed by atoms with van der Waals surface area (Å²) in [5.74, 6) is -1.79. The van der Waals surface area contributed by atoms with Crippen LogP contribution >= 0.6 is 0 Å². The smallest absolute Gasteiger partial charge is 0.240 e. The normalized spacial score (nSPS) is 19.8. The number of nitrogens with zero attached hydrogens (tertiary/aromatic N) is 1. The maximum Gasteiger partial charge on any atom is 0.240 e. The highest BCUT2D eigenvalue weighted by Gasteiger charge is 2.38. The lowest BCUT2D eigenvalue weighted by Gasteiger charge is -2.23. The maximum atomic E-state index is 12.4. The van der Waals surface area contributed by atoms with Crippen molar-refractivity contribution in [3.63, 3.8) is 0 Å². The molecular weight excluding hydrogens is 254 g/mol. The Kier molecular flexibility index (Phi) is 4.13. The lowest BCUT2D eigenvalue weighted by atomic mass is 9.98. The number of Topliss-reactive ketones (excluding diaryl/α,β-unsaturated/α-hetero) is 1. The fourth-order valence-electron chi connectivity index (χ4n) is 2.39. The molecule has 0 saturated carbocycles. The van der Waals surface area contributed by atoms with Gasteiger partial charge in [0.25, 0.3) is 0 Å².